The van der Waals surface area contributed by atoms with Crippen molar-refractivity contribution in [2.45, 2.75) is 32.8 Å². The normalized spacial score (nSPS) is 10.9. The zero-order chi connectivity index (χ0) is 13.7. The molecule has 0 saturated heterocycles. The summed E-state index contributed by atoms with van der Waals surface area (Å²) in [5, 5.41) is 7.80. The maximum Gasteiger partial charge on any atom is 0.253 e. The molecule has 0 saturated carbocycles. The molecule has 2 rings (SSSR count). The summed E-state index contributed by atoms with van der Waals surface area (Å²) >= 11 is 0. The highest BCUT2D eigenvalue weighted by Gasteiger charge is 2.07. The molecule has 102 valence electrons. The zero-order valence-corrected chi connectivity index (χ0v) is 11.3. The maximum absolute atomic E-state index is 5.65. The molecule has 1 heterocycles. The first kappa shape index (κ1) is 13.5. The van der Waals surface area contributed by atoms with Crippen molar-refractivity contribution in [1.29, 1.82) is 0 Å². The third-order valence-electron chi connectivity index (χ3n) is 2.75. The highest BCUT2D eigenvalue weighted by atomic mass is 16.5. The molecule has 0 fully saturated rings. The number of rotatable bonds is 6. The molecule has 1 aromatic carbocycles. The van der Waals surface area contributed by atoms with Crippen molar-refractivity contribution in [2.24, 2.45) is 5.73 Å². The van der Waals surface area contributed by atoms with Crippen LogP contribution in [-0.2, 0) is 13.0 Å². The maximum atomic E-state index is 5.65. The molecule has 0 aliphatic rings. The smallest absolute Gasteiger partial charge is 0.253 e. The summed E-state index contributed by atoms with van der Waals surface area (Å²) in [6.45, 7) is 5.07. The first-order valence-electron chi connectivity index (χ1n) is 6.43. The van der Waals surface area contributed by atoms with Crippen molar-refractivity contribution in [2.75, 3.05) is 6.54 Å². The van der Waals surface area contributed by atoms with Crippen LogP contribution in [0.15, 0.2) is 28.7 Å². The predicted octanol–water partition coefficient (Wildman–Crippen LogP) is 2.27. The quantitative estimate of drug-likeness (QED) is 0.863. The van der Waals surface area contributed by atoms with Gasteiger partial charge in [-0.3, -0.25) is 0 Å². The first-order chi connectivity index (χ1) is 9.19. The molecule has 5 heteroatoms. The monoisotopic (exact) mass is 261 g/mol. The molecule has 0 aliphatic heterocycles. The van der Waals surface area contributed by atoms with Gasteiger partial charge in [-0.15, -0.1) is 10.2 Å². The van der Waals surface area contributed by atoms with Crippen molar-refractivity contribution in [3.8, 4) is 5.75 Å². The topological polar surface area (TPSA) is 74.2 Å². The van der Waals surface area contributed by atoms with E-state index in [1.54, 1.807) is 0 Å². The van der Waals surface area contributed by atoms with E-state index in [0.29, 0.717) is 30.7 Å². The van der Waals surface area contributed by atoms with Crippen LogP contribution in [0.1, 0.15) is 37.1 Å². The number of hydrogen-bond acceptors (Lipinski definition) is 5. The number of aromatic nitrogens is 2. The number of nitrogens with two attached hydrogens (primary N) is 1. The second-order valence-corrected chi connectivity index (χ2v) is 4.64. The average molecular weight is 261 g/mol. The molecule has 0 spiro atoms. The first-order valence-corrected chi connectivity index (χ1v) is 6.43. The Kier molecular flexibility index (Phi) is 4.52. The second-order valence-electron chi connectivity index (χ2n) is 4.64. The van der Waals surface area contributed by atoms with Crippen LogP contribution in [0.2, 0.25) is 0 Å². The molecule has 2 N–H and O–H groups in total. The van der Waals surface area contributed by atoms with Crippen LogP contribution in [0.4, 0.5) is 0 Å². The molecule has 0 unspecified atom stereocenters. The molecule has 19 heavy (non-hydrogen) atoms. The van der Waals surface area contributed by atoms with E-state index in [2.05, 4.69) is 30.1 Å². The van der Waals surface area contributed by atoms with E-state index < -0.39 is 0 Å². The van der Waals surface area contributed by atoms with Gasteiger partial charge in [0.15, 0.2) is 6.61 Å². The molecule has 5 nitrogen and oxygen atoms in total. The average Bonchev–Trinajstić information content (AvgIpc) is 2.85. The van der Waals surface area contributed by atoms with Gasteiger partial charge in [0.25, 0.3) is 5.89 Å². The van der Waals surface area contributed by atoms with Crippen LogP contribution in [-0.4, -0.2) is 16.7 Å². The van der Waals surface area contributed by atoms with E-state index in [9.17, 15) is 0 Å². The van der Waals surface area contributed by atoms with Gasteiger partial charge in [0.2, 0.25) is 5.89 Å². The largest absolute Gasteiger partial charge is 0.484 e. The fourth-order valence-electron chi connectivity index (χ4n) is 1.68. The minimum Gasteiger partial charge on any atom is -0.484 e. The van der Waals surface area contributed by atoms with Gasteiger partial charge in [0.05, 0.1) is 0 Å². The Morgan fingerprint density at radius 3 is 2.79 bits per heavy atom. The van der Waals surface area contributed by atoms with Gasteiger partial charge in [-0.1, -0.05) is 26.0 Å². The summed E-state index contributed by atoms with van der Waals surface area (Å²) in [5.41, 5.74) is 6.66. The van der Waals surface area contributed by atoms with Crippen LogP contribution in [0.3, 0.4) is 0 Å². The lowest BCUT2D eigenvalue weighted by Crippen LogP contribution is -2.02. The summed E-state index contributed by atoms with van der Waals surface area (Å²) in [7, 11) is 0. The van der Waals surface area contributed by atoms with E-state index in [1.165, 1.54) is 5.56 Å². The van der Waals surface area contributed by atoms with Crippen LogP contribution in [0.5, 0.6) is 5.75 Å². The van der Waals surface area contributed by atoms with Crippen molar-refractivity contribution < 1.29 is 9.15 Å². The summed E-state index contributed by atoms with van der Waals surface area (Å²) in [4.78, 5) is 0. The number of nitrogens with zero attached hydrogens (tertiary/aromatic N) is 2. The molecule has 2 aromatic rings. The lowest BCUT2D eigenvalue weighted by atomic mass is 10.0. The highest BCUT2D eigenvalue weighted by molar-refractivity contribution is 5.30. The van der Waals surface area contributed by atoms with E-state index in [1.807, 2.05) is 18.2 Å². The molecular weight excluding hydrogens is 242 g/mol. The van der Waals surface area contributed by atoms with E-state index in [-0.39, 0.29) is 6.61 Å². The fourth-order valence-corrected chi connectivity index (χ4v) is 1.68. The Morgan fingerprint density at radius 2 is 2.05 bits per heavy atom. The van der Waals surface area contributed by atoms with E-state index >= 15 is 0 Å². The van der Waals surface area contributed by atoms with Crippen molar-refractivity contribution >= 4 is 0 Å². The fraction of sp³-hybridized carbons (Fsp3) is 0.429. The lowest BCUT2D eigenvalue weighted by Gasteiger charge is -2.08. The molecular formula is C14H19N3O2. The van der Waals surface area contributed by atoms with Gasteiger partial charge in [-0.2, -0.15) is 0 Å². The van der Waals surface area contributed by atoms with E-state index in [4.69, 9.17) is 14.9 Å². The Labute approximate surface area is 112 Å². The molecule has 0 aliphatic carbocycles. The van der Waals surface area contributed by atoms with E-state index in [0.717, 1.165) is 5.75 Å². The van der Waals surface area contributed by atoms with Gasteiger partial charge >= 0.3 is 0 Å². The highest BCUT2D eigenvalue weighted by Crippen LogP contribution is 2.20. The third kappa shape index (κ3) is 3.79. The molecule has 0 amide bonds. The Hall–Kier alpha value is -1.88. The van der Waals surface area contributed by atoms with Crippen LogP contribution < -0.4 is 10.5 Å². The van der Waals surface area contributed by atoms with Crippen LogP contribution in [0, 0.1) is 0 Å². The summed E-state index contributed by atoms with van der Waals surface area (Å²) in [6.07, 6.45) is 0.593. The number of ether oxygens (including phenoxy) is 1. The summed E-state index contributed by atoms with van der Waals surface area (Å²) in [5.74, 6) is 2.31. The SMILES string of the molecule is CC(C)c1cccc(OCc2nnc(CCN)o2)c1. The number of benzene rings is 1. The van der Waals surface area contributed by atoms with Gasteiger partial charge in [0.1, 0.15) is 5.75 Å². The van der Waals surface area contributed by atoms with Crippen molar-refractivity contribution in [3.05, 3.63) is 41.6 Å². The summed E-state index contributed by atoms with van der Waals surface area (Å²) < 4.78 is 11.0. The minimum atomic E-state index is 0.277. The van der Waals surface area contributed by atoms with Gasteiger partial charge < -0.3 is 14.9 Å². The second kappa shape index (κ2) is 6.33. The molecule has 0 bridgehead atoms. The Balaban J connectivity index is 1.95. The molecule has 0 atom stereocenters. The van der Waals surface area contributed by atoms with Crippen molar-refractivity contribution in [1.82, 2.24) is 10.2 Å². The zero-order valence-electron chi connectivity index (χ0n) is 11.3. The molecule has 0 radical (unpaired) electrons. The minimum absolute atomic E-state index is 0.277. The van der Waals surface area contributed by atoms with Gasteiger partial charge in [-0.05, 0) is 23.6 Å². The van der Waals surface area contributed by atoms with Crippen LogP contribution in [0.25, 0.3) is 0 Å². The Bertz CT molecular complexity index is 523. The standard InChI is InChI=1S/C14H19N3O2/c1-10(2)11-4-3-5-12(8-11)18-9-14-17-16-13(19-14)6-7-15/h3-5,8,10H,6-7,9,15H2,1-2H3. The number of hydrogen-bond donors (Lipinski definition) is 1. The Morgan fingerprint density at radius 1 is 1.26 bits per heavy atom. The third-order valence-corrected chi connectivity index (χ3v) is 2.75. The molecule has 1 aromatic heterocycles. The predicted molar refractivity (Wildman–Crippen MR) is 71.9 cm³/mol. The van der Waals surface area contributed by atoms with Gasteiger partial charge in [0, 0.05) is 13.0 Å². The van der Waals surface area contributed by atoms with Crippen molar-refractivity contribution in [3.63, 3.8) is 0 Å². The van der Waals surface area contributed by atoms with Gasteiger partial charge in [-0.25, -0.2) is 0 Å². The van der Waals surface area contributed by atoms with Crippen LogP contribution >= 0.6 is 0 Å². The summed E-state index contributed by atoms with van der Waals surface area (Å²) in [6, 6.07) is 8.02. The lowest BCUT2D eigenvalue weighted by molar-refractivity contribution is 0.259.